The molecule has 25 heavy (non-hydrogen) atoms. The van der Waals surface area contributed by atoms with E-state index in [1.165, 1.54) is 18.4 Å². The monoisotopic (exact) mass is 451 g/mol. The zero-order valence-electron chi connectivity index (χ0n) is 14.6. The molecule has 0 saturated heterocycles. The van der Waals surface area contributed by atoms with Gasteiger partial charge in [0.05, 0.1) is 6.54 Å². The van der Waals surface area contributed by atoms with Crippen molar-refractivity contribution >= 4 is 29.9 Å². The number of halogens is 1. The predicted molar refractivity (Wildman–Crippen MR) is 115 cm³/mol. The van der Waals surface area contributed by atoms with Crippen molar-refractivity contribution in [3.05, 3.63) is 54.6 Å². The predicted octanol–water partition coefficient (Wildman–Crippen LogP) is 4.07. The molecular weight excluding hydrogens is 425 g/mol. The molecule has 134 valence electrons. The maximum atomic E-state index is 5.98. The SMILES string of the molecule is CCNC(=NCCOc1ccccc1-c1ccccc1)NC1CC1.I. The average molecular weight is 451 g/mol. The molecule has 0 radical (unpaired) electrons. The zero-order valence-corrected chi connectivity index (χ0v) is 16.9. The van der Waals surface area contributed by atoms with Gasteiger partial charge in [0, 0.05) is 18.2 Å². The Morgan fingerprint density at radius 2 is 1.80 bits per heavy atom. The highest BCUT2D eigenvalue weighted by atomic mass is 127. The molecule has 1 aliphatic carbocycles. The zero-order chi connectivity index (χ0) is 16.6. The molecule has 5 heteroatoms. The fourth-order valence-corrected chi connectivity index (χ4v) is 2.50. The van der Waals surface area contributed by atoms with Gasteiger partial charge in [-0.05, 0) is 31.4 Å². The van der Waals surface area contributed by atoms with Crippen LogP contribution in [-0.2, 0) is 0 Å². The highest BCUT2D eigenvalue weighted by molar-refractivity contribution is 14.0. The molecular formula is C20H26IN3O. The summed E-state index contributed by atoms with van der Waals surface area (Å²) in [5, 5.41) is 6.68. The Bertz CT molecular complexity index is 672. The minimum atomic E-state index is 0. The smallest absolute Gasteiger partial charge is 0.191 e. The van der Waals surface area contributed by atoms with Crippen LogP contribution in [0.1, 0.15) is 19.8 Å². The van der Waals surface area contributed by atoms with Gasteiger partial charge in [-0.15, -0.1) is 24.0 Å². The summed E-state index contributed by atoms with van der Waals surface area (Å²) in [6, 6.07) is 19.1. The van der Waals surface area contributed by atoms with Crippen LogP contribution in [0.2, 0.25) is 0 Å². The van der Waals surface area contributed by atoms with E-state index < -0.39 is 0 Å². The van der Waals surface area contributed by atoms with Crippen molar-refractivity contribution < 1.29 is 4.74 Å². The van der Waals surface area contributed by atoms with E-state index in [4.69, 9.17) is 4.74 Å². The average Bonchev–Trinajstić information content (AvgIpc) is 3.44. The third-order valence-electron chi connectivity index (χ3n) is 3.85. The second-order valence-corrected chi connectivity index (χ2v) is 5.89. The third kappa shape index (κ3) is 6.23. The number of nitrogens with zero attached hydrogens (tertiary/aromatic N) is 1. The molecule has 0 spiro atoms. The maximum Gasteiger partial charge on any atom is 0.191 e. The molecule has 0 bridgehead atoms. The number of hydrogen-bond acceptors (Lipinski definition) is 2. The molecule has 1 aliphatic rings. The molecule has 3 rings (SSSR count). The van der Waals surface area contributed by atoms with Crippen LogP contribution in [0.4, 0.5) is 0 Å². The van der Waals surface area contributed by atoms with Crippen LogP contribution in [0.25, 0.3) is 11.1 Å². The molecule has 1 fully saturated rings. The van der Waals surface area contributed by atoms with Gasteiger partial charge in [0.1, 0.15) is 12.4 Å². The fourth-order valence-electron chi connectivity index (χ4n) is 2.50. The van der Waals surface area contributed by atoms with Crippen molar-refractivity contribution in [1.29, 1.82) is 0 Å². The number of nitrogens with one attached hydrogen (secondary N) is 2. The molecule has 0 heterocycles. The highest BCUT2D eigenvalue weighted by Crippen LogP contribution is 2.29. The molecule has 1 saturated carbocycles. The first kappa shape index (κ1) is 19.6. The summed E-state index contributed by atoms with van der Waals surface area (Å²) in [5.41, 5.74) is 2.28. The Hall–Kier alpha value is -1.76. The Morgan fingerprint density at radius 1 is 1.08 bits per heavy atom. The lowest BCUT2D eigenvalue weighted by atomic mass is 10.1. The van der Waals surface area contributed by atoms with Crippen molar-refractivity contribution in [2.75, 3.05) is 19.7 Å². The molecule has 0 atom stereocenters. The van der Waals surface area contributed by atoms with E-state index >= 15 is 0 Å². The number of rotatable bonds is 7. The Balaban J connectivity index is 0.00000225. The summed E-state index contributed by atoms with van der Waals surface area (Å²) in [6.07, 6.45) is 2.48. The van der Waals surface area contributed by atoms with Crippen LogP contribution in [0, 0.1) is 0 Å². The van der Waals surface area contributed by atoms with Gasteiger partial charge in [0.2, 0.25) is 0 Å². The summed E-state index contributed by atoms with van der Waals surface area (Å²) < 4.78 is 5.98. The molecule has 4 nitrogen and oxygen atoms in total. The number of benzene rings is 2. The van der Waals surface area contributed by atoms with E-state index in [0.717, 1.165) is 23.8 Å². The number of hydrogen-bond donors (Lipinski definition) is 2. The van der Waals surface area contributed by atoms with E-state index in [9.17, 15) is 0 Å². The van der Waals surface area contributed by atoms with E-state index in [2.05, 4.69) is 40.7 Å². The van der Waals surface area contributed by atoms with Gasteiger partial charge < -0.3 is 15.4 Å². The summed E-state index contributed by atoms with van der Waals surface area (Å²) in [7, 11) is 0. The van der Waals surface area contributed by atoms with Crippen LogP contribution in [0.5, 0.6) is 5.75 Å². The van der Waals surface area contributed by atoms with Crippen LogP contribution in [-0.4, -0.2) is 31.7 Å². The lowest BCUT2D eigenvalue weighted by molar-refractivity contribution is 0.330. The van der Waals surface area contributed by atoms with Gasteiger partial charge in [0.25, 0.3) is 0 Å². The Kier molecular flexibility index (Phi) is 8.04. The first-order chi connectivity index (χ1) is 11.9. The molecule has 2 N–H and O–H groups in total. The van der Waals surface area contributed by atoms with Crippen molar-refractivity contribution in [2.45, 2.75) is 25.8 Å². The van der Waals surface area contributed by atoms with Crippen LogP contribution < -0.4 is 15.4 Å². The van der Waals surface area contributed by atoms with Gasteiger partial charge in [-0.2, -0.15) is 0 Å². The quantitative estimate of drug-likeness (QED) is 0.289. The Labute approximate surface area is 167 Å². The van der Waals surface area contributed by atoms with Gasteiger partial charge in [0.15, 0.2) is 5.96 Å². The maximum absolute atomic E-state index is 5.98. The first-order valence-corrected chi connectivity index (χ1v) is 8.69. The number of ether oxygens (including phenoxy) is 1. The molecule has 2 aromatic carbocycles. The van der Waals surface area contributed by atoms with Crippen molar-refractivity contribution in [3.8, 4) is 16.9 Å². The van der Waals surface area contributed by atoms with E-state index in [0.29, 0.717) is 19.2 Å². The number of para-hydroxylation sites is 1. The minimum absolute atomic E-state index is 0. The summed E-state index contributed by atoms with van der Waals surface area (Å²) in [4.78, 5) is 4.58. The van der Waals surface area contributed by atoms with Crippen LogP contribution in [0.3, 0.4) is 0 Å². The molecule has 2 aromatic rings. The number of aliphatic imine (C=N–C) groups is 1. The van der Waals surface area contributed by atoms with Gasteiger partial charge >= 0.3 is 0 Å². The van der Waals surface area contributed by atoms with Crippen molar-refractivity contribution in [2.24, 2.45) is 4.99 Å². The van der Waals surface area contributed by atoms with Gasteiger partial charge in [-0.25, -0.2) is 4.99 Å². The lowest BCUT2D eigenvalue weighted by Gasteiger charge is -2.12. The second-order valence-electron chi connectivity index (χ2n) is 5.89. The third-order valence-corrected chi connectivity index (χ3v) is 3.85. The number of guanidine groups is 1. The summed E-state index contributed by atoms with van der Waals surface area (Å²) >= 11 is 0. The highest BCUT2D eigenvalue weighted by Gasteiger charge is 2.21. The first-order valence-electron chi connectivity index (χ1n) is 8.69. The minimum Gasteiger partial charge on any atom is -0.491 e. The molecule has 0 aliphatic heterocycles. The normalized spacial score (nSPS) is 13.7. The molecule has 0 aromatic heterocycles. The van der Waals surface area contributed by atoms with Crippen molar-refractivity contribution in [1.82, 2.24) is 10.6 Å². The molecule has 0 unspecified atom stereocenters. The van der Waals surface area contributed by atoms with E-state index in [1.807, 2.05) is 36.4 Å². The van der Waals surface area contributed by atoms with Crippen molar-refractivity contribution in [3.63, 3.8) is 0 Å². The summed E-state index contributed by atoms with van der Waals surface area (Å²) in [6.45, 7) is 4.14. The largest absolute Gasteiger partial charge is 0.491 e. The van der Waals surface area contributed by atoms with Gasteiger partial charge in [-0.1, -0.05) is 48.5 Å². The summed E-state index contributed by atoms with van der Waals surface area (Å²) in [5.74, 6) is 1.79. The standard InChI is InChI=1S/C20H25N3O.HI/c1-2-21-20(23-17-12-13-17)22-14-15-24-19-11-7-6-10-18(19)16-8-4-3-5-9-16;/h3-11,17H,2,12-15H2,1H3,(H2,21,22,23);1H. The van der Waals surface area contributed by atoms with E-state index in [1.54, 1.807) is 0 Å². The fraction of sp³-hybridized carbons (Fsp3) is 0.350. The topological polar surface area (TPSA) is 45.7 Å². The van der Waals surface area contributed by atoms with E-state index in [-0.39, 0.29) is 24.0 Å². The lowest BCUT2D eigenvalue weighted by Crippen LogP contribution is -2.38. The van der Waals surface area contributed by atoms with Crippen LogP contribution >= 0.6 is 24.0 Å². The van der Waals surface area contributed by atoms with Gasteiger partial charge in [-0.3, -0.25) is 0 Å². The molecule has 0 amide bonds. The van der Waals surface area contributed by atoms with Crippen LogP contribution in [0.15, 0.2) is 59.6 Å². The second kappa shape index (κ2) is 10.3. The Morgan fingerprint density at radius 3 is 2.52 bits per heavy atom.